The van der Waals surface area contributed by atoms with Crippen LogP contribution in [0.15, 0.2) is 5.38 Å². The maximum Gasteiger partial charge on any atom is 0.350 e. The molecule has 1 rings (SSSR count). The van der Waals surface area contributed by atoms with E-state index in [0.29, 0.717) is 10.6 Å². The average Bonchev–Trinajstić information content (AvgIpc) is 2.87. The maximum absolute atomic E-state index is 12.0. The summed E-state index contributed by atoms with van der Waals surface area (Å²) in [5, 5.41) is 7.72. The molecule has 0 bridgehead atoms. The van der Waals surface area contributed by atoms with Gasteiger partial charge < -0.3 is 15.4 Å². The van der Waals surface area contributed by atoms with Gasteiger partial charge in [-0.05, 0) is 37.8 Å². The fourth-order valence-corrected chi connectivity index (χ4v) is 2.45. The highest BCUT2D eigenvalue weighted by Gasteiger charge is 2.20. The van der Waals surface area contributed by atoms with Gasteiger partial charge in [0, 0.05) is 0 Å². The van der Waals surface area contributed by atoms with Gasteiger partial charge in [0.15, 0.2) is 0 Å². The van der Waals surface area contributed by atoms with E-state index in [2.05, 4.69) is 10.6 Å². The number of carbonyl (C=O) groups is 2. The zero-order valence-corrected chi connectivity index (χ0v) is 14.5. The molecule has 0 saturated heterocycles. The molecule has 120 valence electrons. The topological polar surface area (TPSA) is 67.4 Å². The summed E-state index contributed by atoms with van der Waals surface area (Å²) >= 11 is 1.27. The molecule has 0 radical (unpaired) electrons. The third-order valence-corrected chi connectivity index (χ3v) is 3.77. The molecule has 1 atom stereocenters. The van der Waals surface area contributed by atoms with Crippen molar-refractivity contribution in [3.63, 3.8) is 0 Å². The average molecular weight is 314 g/mol. The summed E-state index contributed by atoms with van der Waals surface area (Å²) in [6, 6.07) is -0.301. The lowest BCUT2D eigenvalue weighted by Gasteiger charge is -2.14. The minimum Gasteiger partial charge on any atom is -0.465 e. The Hall–Kier alpha value is -1.40. The van der Waals surface area contributed by atoms with Crippen LogP contribution in [0.1, 0.15) is 49.4 Å². The van der Waals surface area contributed by atoms with Crippen LogP contribution in [0.5, 0.6) is 0 Å². The van der Waals surface area contributed by atoms with Crippen molar-refractivity contribution < 1.29 is 14.3 Å². The van der Waals surface area contributed by atoms with Gasteiger partial charge in [0.1, 0.15) is 4.88 Å². The first-order chi connectivity index (χ1) is 10.0. The smallest absolute Gasteiger partial charge is 0.350 e. The van der Waals surface area contributed by atoms with Crippen molar-refractivity contribution in [2.75, 3.05) is 19.0 Å². The number of carbonyl (C=O) groups excluding carboxylic acids is 2. The number of esters is 1. The number of methoxy groups -OCH3 is 1. The van der Waals surface area contributed by atoms with Gasteiger partial charge in [-0.1, -0.05) is 20.8 Å². The molecule has 2 N–H and O–H groups in total. The van der Waals surface area contributed by atoms with Gasteiger partial charge in [0.2, 0.25) is 5.91 Å². The molecule has 1 heterocycles. The number of hydrogen-bond donors (Lipinski definition) is 2. The summed E-state index contributed by atoms with van der Waals surface area (Å²) in [7, 11) is 1.33. The molecule has 0 aromatic carbocycles. The second-order valence-electron chi connectivity index (χ2n) is 4.28. The summed E-state index contributed by atoms with van der Waals surface area (Å²) in [4.78, 5) is 24.0. The van der Waals surface area contributed by atoms with Gasteiger partial charge in [-0.15, -0.1) is 11.3 Å². The minimum atomic E-state index is -0.428. The molecule has 0 aliphatic heterocycles. The molecule has 5 nitrogen and oxygen atoms in total. The van der Waals surface area contributed by atoms with E-state index < -0.39 is 5.97 Å². The van der Waals surface area contributed by atoms with Crippen molar-refractivity contribution in [2.24, 2.45) is 0 Å². The molecule has 0 spiro atoms. The Morgan fingerprint density at radius 2 is 2.00 bits per heavy atom. The molecule has 1 unspecified atom stereocenters. The number of aryl methyl sites for hydroxylation is 1. The predicted molar refractivity (Wildman–Crippen MR) is 88.1 cm³/mol. The van der Waals surface area contributed by atoms with E-state index in [9.17, 15) is 9.59 Å². The first-order valence-electron chi connectivity index (χ1n) is 7.21. The summed E-state index contributed by atoms with van der Waals surface area (Å²) in [5.74, 6) is -0.581. The monoisotopic (exact) mass is 314 g/mol. The number of thiophene rings is 1. The molecule has 0 fully saturated rings. The van der Waals surface area contributed by atoms with E-state index in [1.807, 2.05) is 33.1 Å². The van der Waals surface area contributed by atoms with Crippen molar-refractivity contribution in [2.45, 2.75) is 47.1 Å². The number of hydrogen-bond acceptors (Lipinski definition) is 5. The summed E-state index contributed by atoms with van der Waals surface area (Å²) in [6.07, 6.45) is 0.961. The van der Waals surface area contributed by atoms with Crippen LogP contribution in [-0.4, -0.2) is 31.6 Å². The van der Waals surface area contributed by atoms with Crippen molar-refractivity contribution in [1.82, 2.24) is 5.32 Å². The third-order valence-electron chi connectivity index (χ3n) is 2.69. The Kier molecular flexibility index (Phi) is 9.65. The highest BCUT2D eigenvalue weighted by Crippen LogP contribution is 2.28. The van der Waals surface area contributed by atoms with Crippen LogP contribution >= 0.6 is 11.3 Å². The maximum atomic E-state index is 12.0. The Labute approximate surface area is 131 Å². The number of ether oxygens (including phenoxy) is 1. The zero-order chi connectivity index (χ0) is 16.4. The summed E-state index contributed by atoms with van der Waals surface area (Å²) < 4.78 is 4.70. The van der Waals surface area contributed by atoms with E-state index >= 15 is 0 Å². The van der Waals surface area contributed by atoms with Gasteiger partial charge in [-0.3, -0.25) is 4.79 Å². The van der Waals surface area contributed by atoms with Crippen molar-refractivity contribution in [3.8, 4) is 0 Å². The van der Waals surface area contributed by atoms with Gasteiger partial charge >= 0.3 is 5.97 Å². The molecule has 1 aromatic heterocycles. The Balaban J connectivity index is 0.00000191. The zero-order valence-electron chi connectivity index (χ0n) is 13.7. The van der Waals surface area contributed by atoms with Crippen LogP contribution in [0.3, 0.4) is 0 Å². The van der Waals surface area contributed by atoms with Crippen LogP contribution in [0.4, 0.5) is 5.69 Å². The lowest BCUT2D eigenvalue weighted by atomic mass is 10.2. The molecule has 0 aliphatic rings. The number of anilines is 1. The van der Waals surface area contributed by atoms with Gasteiger partial charge in [-0.2, -0.15) is 0 Å². The molecular formula is C15H26N2O3S. The minimum absolute atomic E-state index is 0.153. The fourth-order valence-electron chi connectivity index (χ4n) is 1.53. The quantitative estimate of drug-likeness (QED) is 0.791. The molecule has 6 heteroatoms. The van der Waals surface area contributed by atoms with E-state index in [1.54, 1.807) is 6.92 Å². The molecule has 0 aliphatic carbocycles. The van der Waals surface area contributed by atoms with E-state index in [-0.39, 0.29) is 11.9 Å². The summed E-state index contributed by atoms with van der Waals surface area (Å²) in [6.45, 7) is 10.5. The van der Waals surface area contributed by atoms with Crippen molar-refractivity contribution >= 4 is 28.9 Å². The second-order valence-corrected chi connectivity index (χ2v) is 5.16. The lowest BCUT2D eigenvalue weighted by molar-refractivity contribution is -0.117. The van der Waals surface area contributed by atoms with Crippen LogP contribution in [0, 0.1) is 6.92 Å². The second kappa shape index (κ2) is 10.3. The molecule has 21 heavy (non-hydrogen) atoms. The van der Waals surface area contributed by atoms with E-state index in [0.717, 1.165) is 18.5 Å². The largest absolute Gasteiger partial charge is 0.465 e. The lowest BCUT2D eigenvalue weighted by Crippen LogP contribution is -2.38. The van der Waals surface area contributed by atoms with Gasteiger partial charge in [-0.25, -0.2) is 4.79 Å². The highest BCUT2D eigenvalue weighted by molar-refractivity contribution is 7.12. The normalized spacial score (nSPS) is 11.1. The van der Waals surface area contributed by atoms with Gasteiger partial charge in [0.25, 0.3) is 0 Å². The SMILES string of the molecule is CC.CCCNC(C)C(=O)Nc1c(C)csc1C(=O)OC. The Morgan fingerprint density at radius 1 is 1.38 bits per heavy atom. The molecule has 1 aromatic rings. The van der Waals surface area contributed by atoms with Crippen LogP contribution in [0.2, 0.25) is 0 Å². The fraction of sp³-hybridized carbons (Fsp3) is 0.600. The van der Waals surface area contributed by atoms with Crippen LogP contribution < -0.4 is 10.6 Å². The molecule has 1 amide bonds. The summed E-state index contributed by atoms with van der Waals surface area (Å²) in [5.41, 5.74) is 1.41. The third kappa shape index (κ3) is 5.85. The number of amides is 1. The molecular weight excluding hydrogens is 288 g/mol. The van der Waals surface area contributed by atoms with E-state index in [1.165, 1.54) is 18.4 Å². The Bertz CT molecular complexity index is 458. The first kappa shape index (κ1) is 19.6. The van der Waals surface area contributed by atoms with Crippen molar-refractivity contribution in [1.29, 1.82) is 0 Å². The molecule has 0 saturated carbocycles. The standard InChI is InChI=1S/C13H20N2O3S.C2H6/c1-5-6-14-9(3)12(16)15-10-8(2)7-19-11(10)13(17)18-4;1-2/h7,9,14H,5-6H2,1-4H3,(H,15,16);1-2H3. The predicted octanol–water partition coefficient (Wildman–Crippen LogP) is 3.20. The van der Waals surface area contributed by atoms with E-state index in [4.69, 9.17) is 4.74 Å². The first-order valence-corrected chi connectivity index (χ1v) is 8.09. The van der Waals surface area contributed by atoms with Crippen molar-refractivity contribution in [3.05, 3.63) is 15.8 Å². The number of nitrogens with one attached hydrogen (secondary N) is 2. The number of rotatable bonds is 6. The Morgan fingerprint density at radius 3 is 2.52 bits per heavy atom. The van der Waals surface area contributed by atoms with Gasteiger partial charge in [0.05, 0.1) is 18.8 Å². The van der Waals surface area contributed by atoms with Crippen LogP contribution in [0.25, 0.3) is 0 Å². The van der Waals surface area contributed by atoms with Crippen LogP contribution in [-0.2, 0) is 9.53 Å². The highest BCUT2D eigenvalue weighted by atomic mass is 32.1.